The van der Waals surface area contributed by atoms with Gasteiger partial charge in [-0.25, -0.2) is 4.98 Å². The first-order valence-corrected chi connectivity index (χ1v) is 7.63. The summed E-state index contributed by atoms with van der Waals surface area (Å²) in [5.74, 6) is 0.650. The summed E-state index contributed by atoms with van der Waals surface area (Å²) in [5, 5.41) is 3.52. The fourth-order valence-electron chi connectivity index (χ4n) is 3.73. The first-order chi connectivity index (χ1) is 10.2. The van der Waals surface area contributed by atoms with Gasteiger partial charge in [-0.3, -0.25) is 0 Å². The molecule has 1 aromatic carbocycles. The SMILES string of the molecule is CNC(c1c(C)ccnc1N)C1(c2ccccc2)CCC1. The Kier molecular flexibility index (Phi) is 3.68. The van der Waals surface area contributed by atoms with Crippen molar-refractivity contribution in [3.63, 3.8) is 0 Å². The molecule has 0 spiro atoms. The van der Waals surface area contributed by atoms with E-state index in [0.29, 0.717) is 5.82 Å². The van der Waals surface area contributed by atoms with Crippen molar-refractivity contribution in [2.24, 2.45) is 0 Å². The molecule has 0 radical (unpaired) electrons. The van der Waals surface area contributed by atoms with Crippen LogP contribution in [0.1, 0.15) is 42.0 Å². The molecule has 3 heteroatoms. The molecule has 0 saturated heterocycles. The highest BCUT2D eigenvalue weighted by Crippen LogP contribution is 2.53. The average molecular weight is 281 g/mol. The van der Waals surface area contributed by atoms with Gasteiger partial charge in [-0.2, -0.15) is 0 Å². The molecule has 1 unspecified atom stereocenters. The van der Waals surface area contributed by atoms with Gasteiger partial charge in [0.2, 0.25) is 0 Å². The molecule has 1 aliphatic carbocycles. The van der Waals surface area contributed by atoms with Crippen LogP contribution in [0.3, 0.4) is 0 Å². The number of aryl methyl sites for hydroxylation is 1. The van der Waals surface area contributed by atoms with E-state index < -0.39 is 0 Å². The highest BCUT2D eigenvalue weighted by molar-refractivity contribution is 5.49. The molecule has 21 heavy (non-hydrogen) atoms. The standard InChI is InChI=1S/C18H23N3/c1-13-9-12-21-17(19)15(13)16(20-2)18(10-6-11-18)14-7-4-3-5-8-14/h3-5,7-9,12,16,20H,6,10-11H2,1-2H3,(H2,19,21). The summed E-state index contributed by atoms with van der Waals surface area (Å²) in [6.07, 6.45) is 5.44. The lowest BCUT2D eigenvalue weighted by Gasteiger charge is -2.49. The van der Waals surface area contributed by atoms with Crippen LogP contribution in [0, 0.1) is 6.92 Å². The van der Waals surface area contributed by atoms with Crippen LogP contribution < -0.4 is 11.1 Å². The first kappa shape index (κ1) is 14.1. The number of likely N-dealkylation sites (N-methyl/N-ethyl adjacent to an activating group) is 1. The van der Waals surface area contributed by atoms with Crippen LogP contribution in [0.5, 0.6) is 0 Å². The molecule has 1 fully saturated rings. The van der Waals surface area contributed by atoms with E-state index in [0.717, 1.165) is 5.56 Å². The molecule has 1 aliphatic rings. The Bertz CT molecular complexity index is 597. The van der Waals surface area contributed by atoms with Crippen molar-refractivity contribution in [2.45, 2.75) is 37.6 Å². The Morgan fingerprint density at radius 3 is 2.43 bits per heavy atom. The summed E-state index contributed by atoms with van der Waals surface area (Å²) in [5.41, 5.74) is 10.1. The monoisotopic (exact) mass is 281 g/mol. The van der Waals surface area contributed by atoms with Crippen molar-refractivity contribution in [3.8, 4) is 0 Å². The second-order valence-electron chi connectivity index (χ2n) is 6.02. The summed E-state index contributed by atoms with van der Waals surface area (Å²) in [4.78, 5) is 4.31. The largest absolute Gasteiger partial charge is 0.383 e. The van der Waals surface area contributed by atoms with Crippen molar-refractivity contribution in [2.75, 3.05) is 12.8 Å². The molecule has 110 valence electrons. The number of aromatic nitrogens is 1. The van der Waals surface area contributed by atoms with Gasteiger partial charge in [0.05, 0.1) is 0 Å². The number of pyridine rings is 1. The zero-order chi connectivity index (χ0) is 14.9. The van der Waals surface area contributed by atoms with Gasteiger partial charge in [-0.05, 0) is 44.0 Å². The van der Waals surface area contributed by atoms with Crippen molar-refractivity contribution in [1.29, 1.82) is 0 Å². The third-order valence-electron chi connectivity index (χ3n) is 4.96. The number of hydrogen-bond donors (Lipinski definition) is 2. The third kappa shape index (κ3) is 2.22. The van der Waals surface area contributed by atoms with E-state index in [1.807, 2.05) is 13.1 Å². The first-order valence-electron chi connectivity index (χ1n) is 7.63. The highest BCUT2D eigenvalue weighted by atomic mass is 14.9. The van der Waals surface area contributed by atoms with E-state index in [9.17, 15) is 0 Å². The van der Waals surface area contributed by atoms with E-state index in [1.165, 1.54) is 30.4 Å². The Morgan fingerprint density at radius 2 is 1.90 bits per heavy atom. The zero-order valence-electron chi connectivity index (χ0n) is 12.8. The predicted octanol–water partition coefficient (Wildman–Crippen LogP) is 3.35. The van der Waals surface area contributed by atoms with Crippen molar-refractivity contribution < 1.29 is 0 Å². The van der Waals surface area contributed by atoms with Gasteiger partial charge >= 0.3 is 0 Å². The van der Waals surface area contributed by atoms with Crippen LogP contribution in [0.15, 0.2) is 42.6 Å². The third-order valence-corrected chi connectivity index (χ3v) is 4.96. The number of nitrogens with zero attached hydrogens (tertiary/aromatic N) is 1. The summed E-state index contributed by atoms with van der Waals surface area (Å²) in [6, 6.07) is 13.1. The molecule has 0 amide bonds. The van der Waals surface area contributed by atoms with Gasteiger partial charge in [0.1, 0.15) is 5.82 Å². The van der Waals surface area contributed by atoms with E-state index in [2.05, 4.69) is 47.6 Å². The Labute approximate surface area is 126 Å². The van der Waals surface area contributed by atoms with Crippen LogP contribution in [0.4, 0.5) is 5.82 Å². The van der Waals surface area contributed by atoms with Gasteiger partial charge in [-0.15, -0.1) is 0 Å². The number of anilines is 1. The highest BCUT2D eigenvalue weighted by Gasteiger charge is 2.46. The summed E-state index contributed by atoms with van der Waals surface area (Å²) >= 11 is 0. The van der Waals surface area contributed by atoms with Crippen LogP contribution >= 0.6 is 0 Å². The van der Waals surface area contributed by atoms with Crippen LogP contribution in [0.25, 0.3) is 0 Å². The number of benzene rings is 1. The van der Waals surface area contributed by atoms with E-state index in [1.54, 1.807) is 6.20 Å². The van der Waals surface area contributed by atoms with Crippen LogP contribution in [-0.4, -0.2) is 12.0 Å². The summed E-state index contributed by atoms with van der Waals surface area (Å²) in [6.45, 7) is 2.12. The van der Waals surface area contributed by atoms with E-state index in [-0.39, 0.29) is 11.5 Å². The van der Waals surface area contributed by atoms with Crippen LogP contribution in [-0.2, 0) is 5.41 Å². The van der Waals surface area contributed by atoms with Gasteiger partial charge < -0.3 is 11.1 Å². The average Bonchev–Trinajstić information content (AvgIpc) is 2.45. The summed E-state index contributed by atoms with van der Waals surface area (Å²) in [7, 11) is 2.03. The molecule has 3 rings (SSSR count). The van der Waals surface area contributed by atoms with Crippen molar-refractivity contribution in [1.82, 2.24) is 10.3 Å². The Morgan fingerprint density at radius 1 is 1.19 bits per heavy atom. The van der Waals surface area contributed by atoms with Gasteiger partial charge in [0, 0.05) is 23.2 Å². The number of rotatable bonds is 4. The van der Waals surface area contributed by atoms with Gasteiger partial charge in [-0.1, -0.05) is 36.8 Å². The second-order valence-corrected chi connectivity index (χ2v) is 6.02. The summed E-state index contributed by atoms with van der Waals surface area (Å²) < 4.78 is 0. The molecule has 0 aliphatic heterocycles. The zero-order valence-corrected chi connectivity index (χ0v) is 12.8. The topological polar surface area (TPSA) is 50.9 Å². The minimum absolute atomic E-state index is 0.137. The molecule has 2 aromatic rings. The van der Waals surface area contributed by atoms with Gasteiger partial charge in [0.25, 0.3) is 0 Å². The Balaban J connectivity index is 2.10. The molecule has 1 atom stereocenters. The van der Waals surface area contributed by atoms with Crippen molar-refractivity contribution >= 4 is 5.82 Å². The quantitative estimate of drug-likeness (QED) is 0.903. The predicted molar refractivity (Wildman–Crippen MR) is 87.2 cm³/mol. The number of hydrogen-bond acceptors (Lipinski definition) is 3. The Hall–Kier alpha value is -1.87. The number of nitrogens with one attached hydrogen (secondary N) is 1. The lowest BCUT2D eigenvalue weighted by molar-refractivity contribution is 0.175. The maximum atomic E-state index is 6.20. The number of nitrogens with two attached hydrogens (primary N) is 1. The molecule has 1 heterocycles. The molecular formula is C18H23N3. The molecule has 1 saturated carbocycles. The molecule has 3 N–H and O–H groups in total. The maximum Gasteiger partial charge on any atom is 0.128 e. The van der Waals surface area contributed by atoms with E-state index in [4.69, 9.17) is 5.73 Å². The van der Waals surface area contributed by atoms with Gasteiger partial charge in [0.15, 0.2) is 0 Å². The lowest BCUT2D eigenvalue weighted by Crippen LogP contribution is -2.46. The minimum atomic E-state index is 0.137. The fourth-order valence-corrected chi connectivity index (χ4v) is 3.73. The smallest absolute Gasteiger partial charge is 0.128 e. The second kappa shape index (κ2) is 5.49. The molecule has 0 bridgehead atoms. The molecule has 1 aromatic heterocycles. The lowest BCUT2D eigenvalue weighted by atomic mass is 9.58. The van der Waals surface area contributed by atoms with E-state index >= 15 is 0 Å². The molecule has 3 nitrogen and oxygen atoms in total. The maximum absolute atomic E-state index is 6.20. The van der Waals surface area contributed by atoms with Crippen molar-refractivity contribution in [3.05, 3.63) is 59.3 Å². The minimum Gasteiger partial charge on any atom is -0.383 e. The number of nitrogen functional groups attached to an aromatic ring is 1. The van der Waals surface area contributed by atoms with Crippen LogP contribution in [0.2, 0.25) is 0 Å². The normalized spacial score (nSPS) is 18.0. The fraction of sp³-hybridized carbons (Fsp3) is 0.389. The molecular weight excluding hydrogens is 258 g/mol.